The van der Waals surface area contributed by atoms with Crippen LogP contribution < -0.4 is 4.90 Å². The van der Waals surface area contributed by atoms with Crippen molar-refractivity contribution >= 4 is 11.5 Å². The molecule has 0 radical (unpaired) electrons. The first-order valence-electron chi connectivity index (χ1n) is 5.30. The molecule has 0 amide bonds. The van der Waals surface area contributed by atoms with Gasteiger partial charge in [0.2, 0.25) is 0 Å². The predicted octanol–water partition coefficient (Wildman–Crippen LogP) is 2.57. The Morgan fingerprint density at radius 2 is 2.18 bits per heavy atom. The SMILES string of the molecule is N=C1c2cc(F)ccc2CN1c1cccnc1. The third kappa shape index (κ3) is 1.58. The fraction of sp³-hybridized carbons (Fsp3) is 0.0769. The number of amidine groups is 1. The number of halogens is 1. The number of rotatable bonds is 1. The molecule has 84 valence electrons. The van der Waals surface area contributed by atoms with Crippen LogP contribution >= 0.6 is 0 Å². The molecule has 0 aliphatic carbocycles. The number of pyridine rings is 1. The number of nitrogens with one attached hydrogen (secondary N) is 1. The summed E-state index contributed by atoms with van der Waals surface area (Å²) in [4.78, 5) is 5.85. The van der Waals surface area contributed by atoms with Crippen LogP contribution in [-0.2, 0) is 6.54 Å². The van der Waals surface area contributed by atoms with Gasteiger partial charge in [0.15, 0.2) is 0 Å². The molecule has 1 aromatic heterocycles. The van der Waals surface area contributed by atoms with E-state index in [1.165, 1.54) is 12.1 Å². The van der Waals surface area contributed by atoms with Gasteiger partial charge in [0.1, 0.15) is 11.7 Å². The quantitative estimate of drug-likeness (QED) is 0.813. The van der Waals surface area contributed by atoms with Gasteiger partial charge in [0.25, 0.3) is 0 Å². The molecule has 1 aromatic carbocycles. The molecule has 1 aliphatic heterocycles. The van der Waals surface area contributed by atoms with E-state index in [-0.39, 0.29) is 5.82 Å². The van der Waals surface area contributed by atoms with E-state index in [9.17, 15) is 4.39 Å². The Hall–Kier alpha value is -2.23. The van der Waals surface area contributed by atoms with Gasteiger partial charge in [0.05, 0.1) is 18.4 Å². The average molecular weight is 227 g/mol. The summed E-state index contributed by atoms with van der Waals surface area (Å²) >= 11 is 0. The number of hydrogen-bond donors (Lipinski definition) is 1. The van der Waals surface area contributed by atoms with E-state index in [0.717, 1.165) is 11.3 Å². The Morgan fingerprint density at radius 3 is 2.94 bits per heavy atom. The standard InChI is InChI=1S/C13H10FN3/c14-10-4-3-9-8-17(13(15)12(9)6-10)11-2-1-5-16-7-11/h1-7,15H,8H2. The second kappa shape index (κ2) is 3.66. The summed E-state index contributed by atoms with van der Waals surface area (Å²) in [5.41, 5.74) is 2.49. The maximum Gasteiger partial charge on any atom is 0.133 e. The smallest absolute Gasteiger partial charge is 0.133 e. The van der Waals surface area contributed by atoms with Crippen LogP contribution in [-0.4, -0.2) is 10.8 Å². The summed E-state index contributed by atoms with van der Waals surface area (Å²) in [6, 6.07) is 8.29. The zero-order valence-corrected chi connectivity index (χ0v) is 9.02. The minimum absolute atomic E-state index is 0.304. The summed E-state index contributed by atoms with van der Waals surface area (Å²) in [5, 5.41) is 8.05. The highest BCUT2D eigenvalue weighted by Crippen LogP contribution is 2.27. The van der Waals surface area contributed by atoms with Crippen molar-refractivity contribution in [2.45, 2.75) is 6.54 Å². The first-order chi connectivity index (χ1) is 8.25. The number of nitrogens with zero attached hydrogens (tertiary/aromatic N) is 2. The van der Waals surface area contributed by atoms with Crippen molar-refractivity contribution < 1.29 is 4.39 Å². The van der Waals surface area contributed by atoms with Gasteiger partial charge >= 0.3 is 0 Å². The van der Waals surface area contributed by atoms with Crippen molar-refractivity contribution in [1.82, 2.24) is 4.98 Å². The lowest BCUT2D eigenvalue weighted by atomic mass is 10.1. The minimum atomic E-state index is -0.304. The van der Waals surface area contributed by atoms with E-state index in [4.69, 9.17) is 5.41 Å². The second-order valence-electron chi connectivity index (χ2n) is 3.95. The minimum Gasteiger partial charge on any atom is -0.320 e. The summed E-state index contributed by atoms with van der Waals surface area (Å²) in [6.07, 6.45) is 3.40. The monoisotopic (exact) mass is 227 g/mol. The molecule has 1 aliphatic rings. The Morgan fingerprint density at radius 1 is 1.29 bits per heavy atom. The van der Waals surface area contributed by atoms with Crippen LogP contribution in [0.25, 0.3) is 0 Å². The van der Waals surface area contributed by atoms with Gasteiger partial charge in [-0.1, -0.05) is 6.07 Å². The molecule has 0 fully saturated rings. The molecule has 0 bridgehead atoms. The Labute approximate surface area is 98.0 Å². The Kier molecular flexibility index (Phi) is 2.14. The van der Waals surface area contributed by atoms with E-state index in [0.29, 0.717) is 17.9 Å². The summed E-state index contributed by atoms with van der Waals surface area (Å²) in [7, 11) is 0. The Bertz CT molecular complexity index is 580. The number of aromatic nitrogens is 1. The molecule has 3 nitrogen and oxygen atoms in total. The number of anilines is 1. The zero-order chi connectivity index (χ0) is 11.8. The topological polar surface area (TPSA) is 40.0 Å². The molecule has 1 N–H and O–H groups in total. The number of benzene rings is 1. The molecule has 2 heterocycles. The molecular formula is C13H10FN3. The van der Waals surface area contributed by atoms with Gasteiger partial charge in [0, 0.05) is 11.8 Å². The molecule has 17 heavy (non-hydrogen) atoms. The van der Waals surface area contributed by atoms with Crippen molar-refractivity contribution in [2.75, 3.05) is 4.90 Å². The number of hydrogen-bond acceptors (Lipinski definition) is 2. The molecule has 0 unspecified atom stereocenters. The lowest BCUT2D eigenvalue weighted by molar-refractivity contribution is 0.627. The van der Waals surface area contributed by atoms with Crippen LogP contribution in [0.3, 0.4) is 0 Å². The van der Waals surface area contributed by atoms with Gasteiger partial charge < -0.3 is 4.90 Å². The second-order valence-corrected chi connectivity index (χ2v) is 3.95. The largest absolute Gasteiger partial charge is 0.320 e. The van der Waals surface area contributed by atoms with Gasteiger partial charge in [-0.25, -0.2) is 4.39 Å². The molecule has 0 saturated heterocycles. The van der Waals surface area contributed by atoms with Gasteiger partial charge in [-0.2, -0.15) is 0 Å². The van der Waals surface area contributed by atoms with Crippen LogP contribution in [0.2, 0.25) is 0 Å². The van der Waals surface area contributed by atoms with E-state index < -0.39 is 0 Å². The summed E-state index contributed by atoms with van der Waals surface area (Å²) in [6.45, 7) is 0.597. The van der Waals surface area contributed by atoms with Gasteiger partial charge in [-0.15, -0.1) is 0 Å². The fourth-order valence-corrected chi connectivity index (χ4v) is 2.04. The lowest BCUT2D eigenvalue weighted by Gasteiger charge is -2.16. The summed E-state index contributed by atoms with van der Waals surface area (Å²) in [5.74, 6) is 0.0223. The van der Waals surface area contributed by atoms with E-state index in [1.54, 1.807) is 18.5 Å². The highest BCUT2D eigenvalue weighted by molar-refractivity contribution is 6.11. The molecule has 0 atom stereocenters. The van der Waals surface area contributed by atoms with Crippen LogP contribution in [0.15, 0.2) is 42.7 Å². The maximum atomic E-state index is 13.1. The maximum absolute atomic E-state index is 13.1. The summed E-state index contributed by atoms with van der Waals surface area (Å²) < 4.78 is 13.1. The van der Waals surface area contributed by atoms with Crippen LogP contribution in [0.1, 0.15) is 11.1 Å². The predicted molar refractivity (Wildman–Crippen MR) is 63.6 cm³/mol. The third-order valence-electron chi connectivity index (χ3n) is 2.88. The van der Waals surface area contributed by atoms with Gasteiger partial charge in [-0.05, 0) is 29.8 Å². The van der Waals surface area contributed by atoms with E-state index in [1.807, 2.05) is 17.0 Å². The van der Waals surface area contributed by atoms with E-state index >= 15 is 0 Å². The van der Waals surface area contributed by atoms with Crippen molar-refractivity contribution in [2.24, 2.45) is 0 Å². The highest BCUT2D eigenvalue weighted by atomic mass is 19.1. The molecule has 0 spiro atoms. The van der Waals surface area contributed by atoms with Crippen LogP contribution in [0.5, 0.6) is 0 Å². The first-order valence-corrected chi connectivity index (χ1v) is 5.30. The molecule has 3 rings (SSSR count). The van der Waals surface area contributed by atoms with Crippen molar-refractivity contribution in [3.8, 4) is 0 Å². The average Bonchev–Trinajstić information content (AvgIpc) is 2.68. The van der Waals surface area contributed by atoms with Crippen molar-refractivity contribution in [3.05, 3.63) is 59.7 Å². The first kappa shape index (κ1) is 9.96. The normalized spacial score (nSPS) is 13.9. The zero-order valence-electron chi connectivity index (χ0n) is 9.02. The fourth-order valence-electron chi connectivity index (χ4n) is 2.04. The molecule has 4 heteroatoms. The Balaban J connectivity index is 2.02. The molecule has 2 aromatic rings. The van der Waals surface area contributed by atoms with Gasteiger partial charge in [-0.3, -0.25) is 10.4 Å². The van der Waals surface area contributed by atoms with E-state index in [2.05, 4.69) is 4.98 Å². The number of fused-ring (bicyclic) bond motifs is 1. The molecule has 0 saturated carbocycles. The van der Waals surface area contributed by atoms with Crippen LogP contribution in [0, 0.1) is 11.2 Å². The third-order valence-corrected chi connectivity index (χ3v) is 2.88. The van der Waals surface area contributed by atoms with Crippen molar-refractivity contribution in [1.29, 1.82) is 5.41 Å². The molecular weight excluding hydrogens is 217 g/mol. The van der Waals surface area contributed by atoms with Crippen LogP contribution in [0.4, 0.5) is 10.1 Å². The lowest BCUT2D eigenvalue weighted by Crippen LogP contribution is -2.23. The van der Waals surface area contributed by atoms with Crippen molar-refractivity contribution in [3.63, 3.8) is 0 Å². The highest BCUT2D eigenvalue weighted by Gasteiger charge is 2.25.